The maximum Gasteiger partial charge on any atom is 0.317 e. The van der Waals surface area contributed by atoms with Crippen molar-refractivity contribution in [2.24, 2.45) is 11.3 Å². The van der Waals surface area contributed by atoms with Crippen molar-refractivity contribution in [2.75, 3.05) is 38.2 Å². The van der Waals surface area contributed by atoms with Gasteiger partial charge in [0.05, 0.1) is 7.11 Å². The SMILES string of the molecule is CCCCCCCCN1C(=O)[C@H](CC(=O)N2CCSCC2)C[C@@]2(C(=O)OC)CCCCC=C12. The van der Waals surface area contributed by atoms with Gasteiger partial charge in [-0.3, -0.25) is 14.4 Å². The van der Waals surface area contributed by atoms with Crippen molar-refractivity contribution in [1.82, 2.24) is 9.80 Å². The minimum atomic E-state index is -0.802. The predicted octanol–water partition coefficient (Wildman–Crippen LogP) is 4.78. The number of nitrogens with zero attached hydrogens (tertiary/aromatic N) is 2. The first-order valence-corrected chi connectivity index (χ1v) is 14.1. The van der Waals surface area contributed by atoms with Crippen molar-refractivity contribution in [3.8, 4) is 0 Å². The van der Waals surface area contributed by atoms with E-state index >= 15 is 0 Å². The molecule has 2 aliphatic heterocycles. The third-order valence-electron chi connectivity index (χ3n) is 7.48. The summed E-state index contributed by atoms with van der Waals surface area (Å²) in [5.74, 6) is 1.27. The summed E-state index contributed by atoms with van der Waals surface area (Å²) in [6.45, 7) is 4.33. The molecule has 0 N–H and O–H groups in total. The molecule has 186 valence electrons. The minimum Gasteiger partial charge on any atom is -0.468 e. The Kier molecular flexibility index (Phi) is 10.1. The molecule has 6 nitrogen and oxygen atoms in total. The van der Waals surface area contributed by atoms with E-state index in [1.807, 2.05) is 21.6 Å². The zero-order valence-electron chi connectivity index (χ0n) is 20.6. The number of thioether (sulfide) groups is 1. The Labute approximate surface area is 203 Å². The number of methoxy groups -OCH3 is 1. The highest BCUT2D eigenvalue weighted by atomic mass is 32.2. The Morgan fingerprint density at radius 1 is 1.12 bits per heavy atom. The molecule has 7 heteroatoms. The number of carbonyl (C=O) groups excluding carboxylic acids is 3. The first-order valence-electron chi connectivity index (χ1n) is 13.0. The van der Waals surface area contributed by atoms with Crippen LogP contribution in [-0.4, -0.2) is 65.8 Å². The number of unbranched alkanes of at least 4 members (excludes halogenated alkanes) is 5. The van der Waals surface area contributed by atoms with Crippen LogP contribution in [0.15, 0.2) is 11.8 Å². The largest absolute Gasteiger partial charge is 0.468 e. The molecule has 0 saturated carbocycles. The van der Waals surface area contributed by atoms with Gasteiger partial charge in [-0.1, -0.05) is 51.5 Å². The highest BCUT2D eigenvalue weighted by Gasteiger charge is 2.53. The van der Waals surface area contributed by atoms with E-state index in [1.54, 1.807) is 0 Å². The van der Waals surface area contributed by atoms with Gasteiger partial charge in [-0.2, -0.15) is 11.8 Å². The van der Waals surface area contributed by atoms with Crippen molar-refractivity contribution in [3.63, 3.8) is 0 Å². The van der Waals surface area contributed by atoms with Crippen molar-refractivity contribution in [2.45, 2.75) is 84.0 Å². The molecular formula is C26H42N2O4S. The van der Waals surface area contributed by atoms with Crippen LogP contribution in [0, 0.1) is 11.3 Å². The van der Waals surface area contributed by atoms with E-state index in [0.717, 1.165) is 62.4 Å². The van der Waals surface area contributed by atoms with Crippen LogP contribution in [0.1, 0.15) is 84.0 Å². The highest BCUT2D eigenvalue weighted by Crippen LogP contribution is 2.49. The number of likely N-dealkylation sites (tertiary alicyclic amines) is 1. The molecule has 3 aliphatic rings. The van der Waals surface area contributed by atoms with Crippen molar-refractivity contribution >= 4 is 29.5 Å². The topological polar surface area (TPSA) is 66.9 Å². The second-order valence-electron chi connectivity index (χ2n) is 9.76. The molecule has 0 aromatic heterocycles. The molecule has 2 saturated heterocycles. The van der Waals surface area contributed by atoms with Crippen LogP contribution >= 0.6 is 11.8 Å². The Balaban J connectivity index is 1.80. The molecule has 0 bridgehead atoms. The molecule has 0 radical (unpaired) electrons. The Morgan fingerprint density at radius 3 is 2.58 bits per heavy atom. The van der Waals surface area contributed by atoms with Crippen LogP contribution in [0.3, 0.4) is 0 Å². The lowest BCUT2D eigenvalue weighted by Crippen LogP contribution is -2.53. The van der Waals surface area contributed by atoms with Gasteiger partial charge < -0.3 is 14.5 Å². The van der Waals surface area contributed by atoms with Gasteiger partial charge >= 0.3 is 5.97 Å². The molecular weight excluding hydrogens is 436 g/mol. The van der Waals surface area contributed by atoms with Crippen molar-refractivity contribution < 1.29 is 19.1 Å². The Morgan fingerprint density at radius 2 is 1.85 bits per heavy atom. The maximum absolute atomic E-state index is 13.7. The second kappa shape index (κ2) is 12.8. The lowest BCUT2D eigenvalue weighted by atomic mass is 9.69. The van der Waals surface area contributed by atoms with Gasteiger partial charge in [-0.25, -0.2) is 0 Å². The van der Waals surface area contributed by atoms with Crippen LogP contribution in [0.4, 0.5) is 0 Å². The third kappa shape index (κ3) is 6.34. The van der Waals surface area contributed by atoms with E-state index in [2.05, 4.69) is 13.0 Å². The number of rotatable bonds is 10. The zero-order chi connectivity index (χ0) is 23.7. The summed E-state index contributed by atoms with van der Waals surface area (Å²) >= 11 is 1.86. The summed E-state index contributed by atoms with van der Waals surface area (Å²) < 4.78 is 5.31. The quantitative estimate of drug-likeness (QED) is 0.334. The van der Waals surface area contributed by atoms with Gasteiger partial charge in [0.15, 0.2) is 0 Å². The second-order valence-corrected chi connectivity index (χ2v) is 11.0. The third-order valence-corrected chi connectivity index (χ3v) is 8.43. The minimum absolute atomic E-state index is 0.0240. The van der Waals surface area contributed by atoms with Crippen molar-refractivity contribution in [1.29, 1.82) is 0 Å². The molecule has 2 fully saturated rings. The van der Waals surface area contributed by atoms with Gasteiger partial charge in [0.1, 0.15) is 5.41 Å². The van der Waals surface area contributed by atoms with Crippen LogP contribution < -0.4 is 0 Å². The molecule has 1 aliphatic carbocycles. The first kappa shape index (κ1) is 26.1. The number of piperidine rings is 1. The molecule has 2 heterocycles. The fourth-order valence-corrected chi connectivity index (χ4v) is 6.54. The molecule has 0 aromatic carbocycles. The average Bonchev–Trinajstić information content (AvgIpc) is 3.06. The van der Waals surface area contributed by atoms with Gasteiger partial charge in [-0.05, 0) is 32.1 Å². The fraction of sp³-hybridized carbons (Fsp3) is 0.808. The lowest BCUT2D eigenvalue weighted by Gasteiger charge is -2.46. The number of fused-ring (bicyclic) bond motifs is 1. The van der Waals surface area contributed by atoms with Gasteiger partial charge in [0, 0.05) is 49.2 Å². The van der Waals surface area contributed by atoms with E-state index in [9.17, 15) is 14.4 Å². The number of allylic oxidation sites excluding steroid dienone is 1. The Bertz CT molecular complexity index is 719. The monoisotopic (exact) mass is 478 g/mol. The predicted molar refractivity (Wildman–Crippen MR) is 133 cm³/mol. The fourth-order valence-electron chi connectivity index (χ4n) is 5.63. The van der Waals surface area contributed by atoms with Gasteiger partial charge in [-0.15, -0.1) is 0 Å². The molecule has 33 heavy (non-hydrogen) atoms. The van der Waals surface area contributed by atoms with E-state index in [4.69, 9.17) is 4.74 Å². The number of esters is 1. The number of carbonyl (C=O) groups is 3. The number of amides is 2. The zero-order valence-corrected chi connectivity index (χ0v) is 21.4. The number of hydrogen-bond acceptors (Lipinski definition) is 5. The van der Waals surface area contributed by atoms with Crippen LogP contribution in [0.2, 0.25) is 0 Å². The first-order chi connectivity index (χ1) is 16.0. The molecule has 2 amide bonds. The highest BCUT2D eigenvalue weighted by molar-refractivity contribution is 7.99. The summed E-state index contributed by atoms with van der Waals surface area (Å²) in [6, 6.07) is 0. The lowest BCUT2D eigenvalue weighted by molar-refractivity contribution is -0.160. The normalized spacial score (nSPS) is 25.8. The summed E-state index contributed by atoms with van der Waals surface area (Å²) in [5, 5.41) is 0. The molecule has 0 unspecified atom stereocenters. The maximum atomic E-state index is 13.7. The standard InChI is InChI=1S/C26H42N2O4S/c1-3-4-5-6-7-11-14-28-22-12-9-8-10-13-26(22,25(31)32-2)20-21(24(28)30)19-23(29)27-15-17-33-18-16-27/h12,21H,3-11,13-20H2,1-2H3/t21-,26+/m1/s1. The number of ether oxygens (including phenoxy) is 1. The molecule has 3 rings (SSSR count). The average molecular weight is 479 g/mol. The molecule has 2 atom stereocenters. The van der Waals surface area contributed by atoms with E-state index in [1.165, 1.54) is 32.8 Å². The van der Waals surface area contributed by atoms with E-state index in [0.29, 0.717) is 19.4 Å². The molecule has 0 aromatic rings. The molecule has 0 spiro atoms. The summed E-state index contributed by atoms with van der Waals surface area (Å²) in [6.07, 6.45) is 13.1. The van der Waals surface area contributed by atoms with E-state index < -0.39 is 11.3 Å². The summed E-state index contributed by atoms with van der Waals surface area (Å²) in [5.41, 5.74) is 0.0489. The van der Waals surface area contributed by atoms with E-state index in [-0.39, 0.29) is 24.2 Å². The van der Waals surface area contributed by atoms with Crippen molar-refractivity contribution in [3.05, 3.63) is 11.8 Å². The smallest absolute Gasteiger partial charge is 0.317 e. The van der Waals surface area contributed by atoms with Crippen LogP contribution in [-0.2, 0) is 19.1 Å². The summed E-state index contributed by atoms with van der Waals surface area (Å²) in [4.78, 5) is 43.7. The summed E-state index contributed by atoms with van der Waals surface area (Å²) in [7, 11) is 1.44. The Hall–Kier alpha value is -1.50. The van der Waals surface area contributed by atoms with Crippen LogP contribution in [0.5, 0.6) is 0 Å². The van der Waals surface area contributed by atoms with Gasteiger partial charge in [0.25, 0.3) is 0 Å². The van der Waals surface area contributed by atoms with Crippen LogP contribution in [0.25, 0.3) is 0 Å². The number of hydrogen-bond donors (Lipinski definition) is 0. The van der Waals surface area contributed by atoms with Gasteiger partial charge in [0.2, 0.25) is 11.8 Å².